The molecule has 0 unspecified atom stereocenters. The summed E-state index contributed by atoms with van der Waals surface area (Å²) in [7, 11) is 0. The Balaban J connectivity index is 2.01. The maximum atomic E-state index is 9.71. The third-order valence-electron chi connectivity index (χ3n) is 2.70. The van der Waals surface area contributed by atoms with E-state index >= 15 is 0 Å². The minimum atomic E-state index is 0.252. The Hall–Kier alpha value is -2.07. The van der Waals surface area contributed by atoms with E-state index in [1.807, 2.05) is 18.2 Å². The zero-order valence-electron chi connectivity index (χ0n) is 9.42. The summed E-state index contributed by atoms with van der Waals surface area (Å²) in [5, 5.41) is 14.6. The first-order valence-electron chi connectivity index (χ1n) is 5.51. The molecular weight excluding hydrogens is 250 g/mol. The van der Waals surface area contributed by atoms with Gasteiger partial charge in [-0.3, -0.25) is 0 Å². The molecule has 2 aromatic heterocycles. The molecule has 1 N–H and O–H groups in total. The average Bonchev–Trinajstić information content (AvgIpc) is 2.76. The van der Waals surface area contributed by atoms with Crippen molar-refractivity contribution < 1.29 is 5.11 Å². The van der Waals surface area contributed by atoms with Crippen LogP contribution in [0, 0.1) is 0 Å². The Labute approximate surface area is 108 Å². The lowest BCUT2D eigenvalue weighted by Gasteiger charge is -1.99. The van der Waals surface area contributed by atoms with Gasteiger partial charge >= 0.3 is 0 Å². The Morgan fingerprint density at radius 3 is 2.78 bits per heavy atom. The molecule has 0 aliphatic carbocycles. The number of phenolic OH excluding ortho intramolecular Hbond substituents is 1. The smallest absolute Gasteiger partial charge is 0.174 e. The van der Waals surface area contributed by atoms with E-state index < -0.39 is 0 Å². The molecule has 18 heavy (non-hydrogen) atoms. The van der Waals surface area contributed by atoms with E-state index in [1.54, 1.807) is 28.9 Å². The molecular formula is C13H10ClN3O. The normalized spacial score (nSPS) is 10.9. The van der Waals surface area contributed by atoms with Crippen molar-refractivity contribution in [1.29, 1.82) is 0 Å². The zero-order chi connectivity index (χ0) is 12.5. The van der Waals surface area contributed by atoms with Gasteiger partial charge in [0, 0.05) is 18.2 Å². The molecule has 3 aromatic rings. The van der Waals surface area contributed by atoms with Crippen LogP contribution in [0.2, 0.25) is 5.02 Å². The highest BCUT2D eigenvalue weighted by atomic mass is 35.5. The molecule has 2 heterocycles. The fourth-order valence-corrected chi connectivity index (χ4v) is 2.03. The number of hydrogen-bond donors (Lipinski definition) is 1. The minimum absolute atomic E-state index is 0.252. The van der Waals surface area contributed by atoms with Crippen molar-refractivity contribution in [1.82, 2.24) is 14.6 Å². The van der Waals surface area contributed by atoms with E-state index in [-0.39, 0.29) is 5.75 Å². The topological polar surface area (TPSA) is 50.4 Å². The largest absolute Gasteiger partial charge is 0.508 e. The number of para-hydroxylation sites is 1. The van der Waals surface area contributed by atoms with E-state index in [2.05, 4.69) is 10.1 Å². The minimum Gasteiger partial charge on any atom is -0.508 e. The third kappa shape index (κ3) is 1.91. The molecule has 0 fully saturated rings. The van der Waals surface area contributed by atoms with Crippen molar-refractivity contribution in [2.45, 2.75) is 6.42 Å². The van der Waals surface area contributed by atoms with Crippen LogP contribution < -0.4 is 0 Å². The van der Waals surface area contributed by atoms with Gasteiger partial charge in [0.1, 0.15) is 5.75 Å². The maximum absolute atomic E-state index is 9.71. The van der Waals surface area contributed by atoms with Crippen LogP contribution in [0.5, 0.6) is 5.75 Å². The first kappa shape index (κ1) is 11.0. The summed E-state index contributed by atoms with van der Waals surface area (Å²) in [6.45, 7) is 0. The van der Waals surface area contributed by atoms with Gasteiger partial charge in [-0.05, 0) is 18.2 Å². The molecule has 3 rings (SSSR count). The Kier molecular flexibility index (Phi) is 2.64. The van der Waals surface area contributed by atoms with E-state index in [0.29, 0.717) is 22.9 Å². The molecule has 90 valence electrons. The second-order valence-electron chi connectivity index (χ2n) is 3.96. The summed E-state index contributed by atoms with van der Waals surface area (Å²) in [4.78, 5) is 4.36. The quantitative estimate of drug-likeness (QED) is 0.770. The summed E-state index contributed by atoms with van der Waals surface area (Å²) in [6.07, 6.45) is 2.27. The van der Waals surface area contributed by atoms with Gasteiger partial charge in [0.25, 0.3) is 0 Å². The van der Waals surface area contributed by atoms with Gasteiger partial charge in [-0.15, -0.1) is 0 Å². The first-order valence-corrected chi connectivity index (χ1v) is 5.88. The molecule has 5 heteroatoms. The van der Waals surface area contributed by atoms with Crippen LogP contribution in [0.15, 0.2) is 42.6 Å². The summed E-state index contributed by atoms with van der Waals surface area (Å²) < 4.78 is 1.64. The number of nitrogens with zero attached hydrogens (tertiary/aromatic N) is 3. The molecule has 1 aromatic carbocycles. The molecule has 0 saturated heterocycles. The van der Waals surface area contributed by atoms with Crippen molar-refractivity contribution in [3.05, 3.63) is 59.0 Å². The van der Waals surface area contributed by atoms with Crippen LogP contribution in [-0.2, 0) is 6.42 Å². The van der Waals surface area contributed by atoms with Crippen LogP contribution in [-0.4, -0.2) is 19.7 Å². The number of hydrogen-bond acceptors (Lipinski definition) is 3. The number of pyridine rings is 1. The standard InChI is InChI=1S/C13H10ClN3O/c14-10-5-3-7-17-13(10)15-12(16-17)8-9-4-1-2-6-11(9)18/h1-7,18H,8H2. The van der Waals surface area contributed by atoms with Crippen LogP contribution in [0.25, 0.3) is 5.65 Å². The van der Waals surface area contributed by atoms with Crippen molar-refractivity contribution in [3.8, 4) is 5.75 Å². The second-order valence-corrected chi connectivity index (χ2v) is 4.37. The molecule has 0 spiro atoms. The Morgan fingerprint density at radius 1 is 1.17 bits per heavy atom. The van der Waals surface area contributed by atoms with Gasteiger partial charge in [0.15, 0.2) is 11.5 Å². The lowest BCUT2D eigenvalue weighted by atomic mass is 10.1. The van der Waals surface area contributed by atoms with Gasteiger partial charge in [0.05, 0.1) is 5.02 Å². The van der Waals surface area contributed by atoms with Gasteiger partial charge in [-0.1, -0.05) is 29.8 Å². The Morgan fingerprint density at radius 2 is 2.00 bits per heavy atom. The van der Waals surface area contributed by atoms with Crippen molar-refractivity contribution in [3.63, 3.8) is 0 Å². The highest BCUT2D eigenvalue weighted by molar-refractivity contribution is 6.33. The molecule has 4 nitrogen and oxygen atoms in total. The molecule has 0 bridgehead atoms. The van der Waals surface area contributed by atoms with Crippen molar-refractivity contribution in [2.75, 3.05) is 0 Å². The van der Waals surface area contributed by atoms with Gasteiger partial charge in [-0.25, -0.2) is 9.50 Å². The summed E-state index contributed by atoms with van der Waals surface area (Å²) in [5.41, 5.74) is 1.43. The SMILES string of the molecule is Oc1ccccc1Cc1nc2c(Cl)cccn2n1. The Bertz CT molecular complexity index is 708. The van der Waals surface area contributed by atoms with Crippen molar-refractivity contribution in [2.24, 2.45) is 0 Å². The van der Waals surface area contributed by atoms with Crippen LogP contribution in [0.4, 0.5) is 0 Å². The van der Waals surface area contributed by atoms with E-state index in [9.17, 15) is 5.11 Å². The lowest BCUT2D eigenvalue weighted by molar-refractivity contribution is 0.469. The fraction of sp³-hybridized carbons (Fsp3) is 0.0769. The van der Waals surface area contributed by atoms with Crippen LogP contribution in [0.1, 0.15) is 11.4 Å². The number of benzene rings is 1. The zero-order valence-corrected chi connectivity index (χ0v) is 10.2. The average molecular weight is 260 g/mol. The first-order chi connectivity index (χ1) is 8.74. The molecule has 0 aliphatic heterocycles. The highest BCUT2D eigenvalue weighted by Gasteiger charge is 2.09. The maximum Gasteiger partial charge on any atom is 0.174 e. The predicted octanol–water partition coefficient (Wildman–Crippen LogP) is 2.68. The fourth-order valence-electron chi connectivity index (χ4n) is 1.82. The second kappa shape index (κ2) is 4.31. The third-order valence-corrected chi connectivity index (χ3v) is 2.99. The van der Waals surface area contributed by atoms with Crippen molar-refractivity contribution >= 4 is 17.2 Å². The highest BCUT2D eigenvalue weighted by Crippen LogP contribution is 2.20. The van der Waals surface area contributed by atoms with E-state index in [1.165, 1.54) is 0 Å². The lowest BCUT2D eigenvalue weighted by Crippen LogP contribution is -1.92. The summed E-state index contributed by atoms with van der Waals surface area (Å²) >= 11 is 6.03. The number of phenols is 1. The summed E-state index contributed by atoms with van der Waals surface area (Å²) in [5.74, 6) is 0.882. The number of halogens is 1. The number of aromatic hydroxyl groups is 1. The van der Waals surface area contributed by atoms with Gasteiger partial charge in [0.2, 0.25) is 0 Å². The van der Waals surface area contributed by atoms with E-state index in [4.69, 9.17) is 11.6 Å². The van der Waals surface area contributed by atoms with E-state index in [0.717, 1.165) is 5.56 Å². The monoisotopic (exact) mass is 259 g/mol. The number of aromatic nitrogens is 3. The van der Waals surface area contributed by atoms with Crippen LogP contribution >= 0.6 is 11.6 Å². The van der Waals surface area contributed by atoms with Crippen LogP contribution in [0.3, 0.4) is 0 Å². The van der Waals surface area contributed by atoms with Gasteiger partial charge in [-0.2, -0.15) is 5.10 Å². The molecule has 0 saturated carbocycles. The molecule has 0 amide bonds. The predicted molar refractivity (Wildman–Crippen MR) is 68.9 cm³/mol. The number of fused-ring (bicyclic) bond motifs is 1. The molecule has 0 atom stereocenters. The summed E-state index contributed by atoms with van der Waals surface area (Å²) in [6, 6.07) is 10.7. The molecule has 0 radical (unpaired) electrons. The van der Waals surface area contributed by atoms with Gasteiger partial charge < -0.3 is 5.11 Å². The molecule has 0 aliphatic rings. The number of rotatable bonds is 2.